The second-order valence-electron chi connectivity index (χ2n) is 6.87. The van der Waals surface area contributed by atoms with Crippen LogP contribution >= 0.6 is 11.3 Å². The molecule has 4 heterocycles. The minimum atomic E-state index is -0.196. The number of rotatable bonds is 4. The van der Waals surface area contributed by atoms with Gasteiger partial charge in [-0.1, -0.05) is 12.1 Å². The summed E-state index contributed by atoms with van der Waals surface area (Å²) in [6.45, 7) is 0.985. The number of nitrogens with one attached hydrogen (secondary N) is 2. The lowest BCUT2D eigenvalue weighted by molar-refractivity contribution is 0.102. The number of hydrogen-bond donors (Lipinski definition) is 3. The second-order valence-corrected chi connectivity index (χ2v) is 7.76. The van der Waals surface area contributed by atoms with Crippen molar-refractivity contribution < 1.29 is 4.79 Å². The molecule has 0 spiro atoms. The highest BCUT2D eigenvalue weighted by Crippen LogP contribution is 2.32. The number of nitrogens with zero attached hydrogens (tertiary/aromatic N) is 4. The predicted molar refractivity (Wildman–Crippen MR) is 113 cm³/mol. The minimum Gasteiger partial charge on any atom is -0.382 e. The Labute approximate surface area is 170 Å². The maximum atomic E-state index is 12.4. The van der Waals surface area contributed by atoms with Gasteiger partial charge in [-0.25, -0.2) is 15.0 Å². The van der Waals surface area contributed by atoms with E-state index in [1.165, 1.54) is 11.3 Å². The van der Waals surface area contributed by atoms with E-state index < -0.39 is 0 Å². The average Bonchev–Trinajstić information content (AvgIpc) is 3.49. The number of benzene rings is 1. The van der Waals surface area contributed by atoms with E-state index in [4.69, 9.17) is 10.7 Å². The van der Waals surface area contributed by atoms with Gasteiger partial charge in [0.05, 0.1) is 6.04 Å². The summed E-state index contributed by atoms with van der Waals surface area (Å²) in [5.74, 6) is 1.18. The van der Waals surface area contributed by atoms with E-state index in [1.807, 2.05) is 28.1 Å². The highest BCUT2D eigenvalue weighted by Gasteiger charge is 2.24. The first-order valence-corrected chi connectivity index (χ1v) is 10.3. The summed E-state index contributed by atoms with van der Waals surface area (Å²) in [7, 11) is 0. The number of thiazole rings is 1. The largest absolute Gasteiger partial charge is 0.382 e. The summed E-state index contributed by atoms with van der Waals surface area (Å²) in [6, 6.07) is 7.53. The lowest BCUT2D eigenvalue weighted by Gasteiger charge is -2.08. The zero-order valence-electron chi connectivity index (χ0n) is 15.5. The Morgan fingerprint density at radius 1 is 1.24 bits per heavy atom. The fraction of sp³-hybridized carbons (Fsp3) is 0.200. The molecule has 1 aliphatic heterocycles. The van der Waals surface area contributed by atoms with Gasteiger partial charge in [0.15, 0.2) is 5.13 Å². The number of fused-ring (bicyclic) bond motifs is 1. The molecule has 0 bridgehead atoms. The maximum absolute atomic E-state index is 12.4. The Kier molecular flexibility index (Phi) is 4.45. The van der Waals surface area contributed by atoms with Gasteiger partial charge < -0.3 is 11.1 Å². The Morgan fingerprint density at radius 2 is 2.10 bits per heavy atom. The first-order valence-electron chi connectivity index (χ1n) is 9.38. The summed E-state index contributed by atoms with van der Waals surface area (Å²) in [5, 5.41) is 8.67. The van der Waals surface area contributed by atoms with Crippen LogP contribution in [0.4, 0.5) is 10.9 Å². The fourth-order valence-corrected chi connectivity index (χ4v) is 4.20. The Hall–Kier alpha value is -3.30. The molecule has 1 fully saturated rings. The van der Waals surface area contributed by atoms with Gasteiger partial charge in [0, 0.05) is 35.1 Å². The Balaban J connectivity index is 1.51. The van der Waals surface area contributed by atoms with Crippen molar-refractivity contribution in [2.24, 2.45) is 0 Å². The topological polar surface area (TPSA) is 110 Å². The number of carbonyl (C=O) groups excluding carboxylic acids is 1. The van der Waals surface area contributed by atoms with Gasteiger partial charge in [-0.05, 0) is 31.5 Å². The molecule has 4 N–H and O–H groups in total. The highest BCUT2D eigenvalue weighted by atomic mass is 32.1. The number of hydrogen-bond acceptors (Lipinski definition) is 7. The molecule has 1 atom stereocenters. The summed E-state index contributed by atoms with van der Waals surface area (Å²) in [5.41, 5.74) is 9.19. The molecule has 0 radical (unpaired) electrons. The zero-order chi connectivity index (χ0) is 19.8. The number of nitrogens with two attached hydrogens (primary N) is 1. The summed E-state index contributed by atoms with van der Waals surface area (Å²) >= 11 is 1.38. The Morgan fingerprint density at radius 3 is 2.83 bits per heavy atom. The number of amides is 1. The molecule has 4 aromatic rings. The minimum absolute atomic E-state index is 0.196. The molecule has 0 aliphatic carbocycles. The van der Waals surface area contributed by atoms with Gasteiger partial charge in [0.25, 0.3) is 5.91 Å². The molecule has 8 nitrogen and oxygen atoms in total. The highest BCUT2D eigenvalue weighted by molar-refractivity contribution is 7.13. The molecule has 1 saturated heterocycles. The predicted octanol–water partition coefficient (Wildman–Crippen LogP) is 3.11. The fourth-order valence-electron chi connectivity index (χ4n) is 3.67. The number of carbonyl (C=O) groups is 1. The lowest BCUT2D eigenvalue weighted by atomic mass is 10.1. The van der Waals surface area contributed by atoms with Crippen LogP contribution in [-0.2, 0) is 0 Å². The molecular weight excluding hydrogens is 386 g/mol. The van der Waals surface area contributed by atoms with Crippen molar-refractivity contribution >= 4 is 33.7 Å². The third-order valence-corrected chi connectivity index (χ3v) is 5.74. The first kappa shape index (κ1) is 17.8. The summed E-state index contributed by atoms with van der Waals surface area (Å²) in [4.78, 5) is 25.6. The van der Waals surface area contributed by atoms with Crippen LogP contribution in [0, 0.1) is 0 Å². The van der Waals surface area contributed by atoms with E-state index in [0.717, 1.165) is 42.0 Å². The van der Waals surface area contributed by atoms with Crippen molar-refractivity contribution in [2.75, 3.05) is 17.6 Å². The van der Waals surface area contributed by atoms with Crippen LogP contribution in [0.2, 0.25) is 0 Å². The van der Waals surface area contributed by atoms with Crippen molar-refractivity contribution in [3.05, 3.63) is 59.6 Å². The van der Waals surface area contributed by atoms with E-state index in [-0.39, 0.29) is 11.9 Å². The SMILES string of the molecule is Nc1nccn2c(C3CCCN3)nc(-c3ccc(C(=O)Nc4nccs4)cc3)c12. The van der Waals surface area contributed by atoms with Crippen molar-refractivity contribution in [1.29, 1.82) is 0 Å². The van der Waals surface area contributed by atoms with Gasteiger partial charge in [0.2, 0.25) is 0 Å². The van der Waals surface area contributed by atoms with Crippen molar-refractivity contribution in [2.45, 2.75) is 18.9 Å². The molecule has 29 heavy (non-hydrogen) atoms. The molecule has 9 heteroatoms. The standard InChI is InChI=1S/C20H19N7OS/c21-17-16-15(25-18(14-2-1-7-22-14)27(16)10-8-23-17)12-3-5-13(6-4-12)19(28)26-20-24-9-11-29-20/h3-6,8-11,14,22H,1-2,7H2,(H2,21,23)(H,24,26,28). The lowest BCUT2D eigenvalue weighted by Crippen LogP contribution is -2.16. The monoisotopic (exact) mass is 405 g/mol. The van der Waals surface area contributed by atoms with Gasteiger partial charge in [0.1, 0.15) is 22.9 Å². The average molecular weight is 405 g/mol. The van der Waals surface area contributed by atoms with E-state index in [1.54, 1.807) is 24.5 Å². The van der Waals surface area contributed by atoms with E-state index >= 15 is 0 Å². The van der Waals surface area contributed by atoms with Gasteiger partial charge in [-0.2, -0.15) is 0 Å². The first-order chi connectivity index (χ1) is 14.2. The summed E-state index contributed by atoms with van der Waals surface area (Å²) < 4.78 is 2.02. The van der Waals surface area contributed by atoms with Crippen molar-refractivity contribution in [3.8, 4) is 11.3 Å². The summed E-state index contributed by atoms with van der Waals surface area (Å²) in [6.07, 6.45) is 7.41. The molecule has 1 aromatic carbocycles. The van der Waals surface area contributed by atoms with Crippen LogP contribution in [0.5, 0.6) is 0 Å². The van der Waals surface area contributed by atoms with Crippen molar-refractivity contribution in [3.63, 3.8) is 0 Å². The zero-order valence-corrected chi connectivity index (χ0v) is 16.3. The molecule has 1 amide bonds. The van der Waals surface area contributed by atoms with Crippen molar-refractivity contribution in [1.82, 2.24) is 24.7 Å². The van der Waals surface area contributed by atoms with Crippen LogP contribution in [-0.4, -0.2) is 31.8 Å². The molecule has 0 saturated carbocycles. The van der Waals surface area contributed by atoms with Crippen LogP contribution in [0.1, 0.15) is 35.1 Å². The van der Waals surface area contributed by atoms with Gasteiger partial charge >= 0.3 is 0 Å². The number of imidazole rings is 1. The second kappa shape index (κ2) is 7.26. The molecule has 3 aromatic heterocycles. The quantitative estimate of drug-likeness (QED) is 0.481. The molecule has 146 valence electrons. The molecule has 1 unspecified atom stereocenters. The molecule has 1 aliphatic rings. The van der Waals surface area contributed by atoms with Crippen LogP contribution in [0.15, 0.2) is 48.2 Å². The normalized spacial score (nSPS) is 16.3. The van der Waals surface area contributed by atoms with E-state index in [0.29, 0.717) is 16.5 Å². The van der Waals surface area contributed by atoms with Crippen LogP contribution in [0.25, 0.3) is 16.8 Å². The Bertz CT molecular complexity index is 1160. The maximum Gasteiger partial charge on any atom is 0.257 e. The van der Waals surface area contributed by atoms with Crippen LogP contribution < -0.4 is 16.4 Å². The molecule has 5 rings (SSSR count). The number of anilines is 2. The smallest absolute Gasteiger partial charge is 0.257 e. The van der Waals surface area contributed by atoms with Gasteiger partial charge in [-0.3, -0.25) is 14.5 Å². The third-order valence-electron chi connectivity index (χ3n) is 5.06. The number of nitrogen functional groups attached to an aromatic ring is 1. The molecular formula is C20H19N7OS. The van der Waals surface area contributed by atoms with Crippen LogP contribution in [0.3, 0.4) is 0 Å². The third kappa shape index (κ3) is 3.24. The van der Waals surface area contributed by atoms with E-state index in [2.05, 4.69) is 20.6 Å². The van der Waals surface area contributed by atoms with E-state index in [9.17, 15) is 4.79 Å². The van der Waals surface area contributed by atoms with Gasteiger partial charge in [-0.15, -0.1) is 11.3 Å². The number of aromatic nitrogens is 4.